The zero-order chi connectivity index (χ0) is 13.8. The van der Waals surface area contributed by atoms with Crippen LogP contribution in [0.3, 0.4) is 0 Å². The smallest absolute Gasteiger partial charge is 0.155 e. The fourth-order valence-corrected chi connectivity index (χ4v) is 2.72. The number of aliphatic hydroxyl groups is 1. The Labute approximate surface area is 113 Å². The Balaban J connectivity index is 2.16. The molecule has 1 aliphatic heterocycles. The minimum absolute atomic E-state index is 0.199. The molecular weight excluding hydrogens is 244 g/mol. The molecule has 106 valence electrons. The number of hydrogen-bond acceptors (Lipinski definition) is 5. The van der Waals surface area contributed by atoms with Crippen LogP contribution in [0.25, 0.3) is 0 Å². The van der Waals surface area contributed by atoms with Crippen molar-refractivity contribution in [1.29, 1.82) is 0 Å². The molecule has 1 aliphatic rings. The van der Waals surface area contributed by atoms with Crippen molar-refractivity contribution in [3.63, 3.8) is 0 Å². The van der Waals surface area contributed by atoms with E-state index in [2.05, 4.69) is 14.9 Å². The summed E-state index contributed by atoms with van der Waals surface area (Å²) in [4.78, 5) is 15.7. The Hall–Kier alpha value is -1.40. The molecular formula is C13H22N4O2. The summed E-state index contributed by atoms with van der Waals surface area (Å²) in [6.07, 6.45) is 1.93. The highest BCUT2D eigenvalue weighted by Gasteiger charge is 2.21. The van der Waals surface area contributed by atoms with Crippen molar-refractivity contribution in [2.24, 2.45) is 7.05 Å². The number of carbonyl (C=O) groups excluding carboxylic acids is 1. The van der Waals surface area contributed by atoms with E-state index in [4.69, 9.17) is 5.11 Å². The summed E-state index contributed by atoms with van der Waals surface area (Å²) < 4.78 is 1.79. The van der Waals surface area contributed by atoms with Crippen molar-refractivity contribution >= 4 is 12.1 Å². The number of hydrogen-bond donors (Lipinski definition) is 1. The van der Waals surface area contributed by atoms with Crippen molar-refractivity contribution in [3.05, 3.63) is 11.3 Å². The van der Waals surface area contributed by atoms with Crippen LogP contribution in [-0.4, -0.2) is 65.4 Å². The zero-order valence-corrected chi connectivity index (χ0v) is 11.7. The first-order valence-corrected chi connectivity index (χ1v) is 6.74. The number of aliphatic hydroxyl groups excluding tert-OH is 1. The van der Waals surface area contributed by atoms with Gasteiger partial charge in [-0.05, 0) is 19.9 Å². The highest BCUT2D eigenvalue weighted by Crippen LogP contribution is 2.22. The lowest BCUT2D eigenvalue weighted by molar-refractivity contribution is 0.112. The predicted molar refractivity (Wildman–Crippen MR) is 73.7 cm³/mol. The topological polar surface area (TPSA) is 61.6 Å². The first-order chi connectivity index (χ1) is 9.17. The van der Waals surface area contributed by atoms with Gasteiger partial charge in [-0.2, -0.15) is 5.10 Å². The zero-order valence-electron chi connectivity index (χ0n) is 11.7. The molecule has 6 heteroatoms. The van der Waals surface area contributed by atoms with Crippen LogP contribution in [0.15, 0.2) is 0 Å². The first kappa shape index (κ1) is 14.0. The van der Waals surface area contributed by atoms with Gasteiger partial charge in [0.2, 0.25) is 0 Å². The molecule has 0 radical (unpaired) electrons. The van der Waals surface area contributed by atoms with Crippen molar-refractivity contribution in [3.8, 4) is 0 Å². The van der Waals surface area contributed by atoms with Gasteiger partial charge in [-0.1, -0.05) is 0 Å². The van der Waals surface area contributed by atoms with Crippen LogP contribution in [0.1, 0.15) is 22.5 Å². The molecule has 0 amide bonds. The van der Waals surface area contributed by atoms with Gasteiger partial charge in [-0.25, -0.2) is 0 Å². The molecule has 0 aliphatic carbocycles. The van der Waals surface area contributed by atoms with E-state index < -0.39 is 0 Å². The van der Waals surface area contributed by atoms with Crippen molar-refractivity contribution < 1.29 is 9.90 Å². The molecule has 0 saturated carbocycles. The molecule has 2 heterocycles. The predicted octanol–water partition coefficient (Wildman–Crippen LogP) is 0.0454. The van der Waals surface area contributed by atoms with E-state index in [1.165, 1.54) is 0 Å². The summed E-state index contributed by atoms with van der Waals surface area (Å²) in [5.41, 5.74) is 1.47. The van der Waals surface area contributed by atoms with Gasteiger partial charge in [0.25, 0.3) is 0 Å². The first-order valence-electron chi connectivity index (χ1n) is 6.74. The normalized spacial score (nSPS) is 17.5. The van der Waals surface area contributed by atoms with Gasteiger partial charge in [0.05, 0.1) is 17.9 Å². The summed E-state index contributed by atoms with van der Waals surface area (Å²) in [5.74, 6) is 0.915. The van der Waals surface area contributed by atoms with Crippen LogP contribution in [0.4, 0.5) is 5.82 Å². The van der Waals surface area contributed by atoms with E-state index in [0.29, 0.717) is 5.56 Å². The summed E-state index contributed by atoms with van der Waals surface area (Å²) in [7, 11) is 1.88. The SMILES string of the molecule is Cc1nn(C)c(N2CCCN(CCO)CC2)c1C=O. The monoisotopic (exact) mass is 266 g/mol. The van der Waals surface area contributed by atoms with Gasteiger partial charge in [0.1, 0.15) is 5.82 Å². The Kier molecular flexibility index (Phi) is 4.55. The average Bonchev–Trinajstić information content (AvgIpc) is 2.55. The average molecular weight is 266 g/mol. The van der Waals surface area contributed by atoms with Gasteiger partial charge in [0.15, 0.2) is 6.29 Å². The number of aldehydes is 1. The quantitative estimate of drug-likeness (QED) is 0.780. The van der Waals surface area contributed by atoms with E-state index in [9.17, 15) is 4.79 Å². The maximum absolute atomic E-state index is 11.2. The Morgan fingerprint density at radius 1 is 1.32 bits per heavy atom. The minimum atomic E-state index is 0.199. The van der Waals surface area contributed by atoms with Crippen LogP contribution in [-0.2, 0) is 7.05 Å². The standard InChI is InChI=1S/C13H22N4O2/c1-11-12(10-19)13(15(2)14-11)17-5-3-4-16(6-7-17)8-9-18/h10,18H,3-9H2,1-2H3. The van der Waals surface area contributed by atoms with Gasteiger partial charge in [-0.3, -0.25) is 14.4 Å². The maximum Gasteiger partial charge on any atom is 0.155 e. The summed E-state index contributed by atoms with van der Waals surface area (Å²) in [6.45, 7) is 6.46. The third-order valence-electron chi connectivity index (χ3n) is 3.66. The van der Waals surface area contributed by atoms with Crippen LogP contribution >= 0.6 is 0 Å². The van der Waals surface area contributed by atoms with Gasteiger partial charge < -0.3 is 10.0 Å². The minimum Gasteiger partial charge on any atom is -0.395 e. The lowest BCUT2D eigenvalue weighted by Crippen LogP contribution is -2.33. The van der Waals surface area contributed by atoms with Gasteiger partial charge in [0, 0.05) is 33.2 Å². The van der Waals surface area contributed by atoms with E-state index >= 15 is 0 Å². The van der Waals surface area contributed by atoms with E-state index in [1.807, 2.05) is 14.0 Å². The van der Waals surface area contributed by atoms with Crippen molar-refractivity contribution in [2.45, 2.75) is 13.3 Å². The lowest BCUT2D eigenvalue weighted by atomic mass is 10.2. The third kappa shape index (κ3) is 2.96. The summed E-state index contributed by atoms with van der Waals surface area (Å²) in [5, 5.41) is 13.3. The molecule has 0 spiro atoms. The van der Waals surface area contributed by atoms with Crippen molar-refractivity contribution in [1.82, 2.24) is 14.7 Å². The maximum atomic E-state index is 11.2. The number of aryl methyl sites for hydroxylation is 2. The molecule has 0 unspecified atom stereocenters. The highest BCUT2D eigenvalue weighted by molar-refractivity contribution is 5.84. The van der Waals surface area contributed by atoms with Crippen molar-refractivity contribution in [2.75, 3.05) is 44.2 Å². The molecule has 2 rings (SSSR count). The van der Waals surface area contributed by atoms with Crippen LogP contribution in [0, 0.1) is 6.92 Å². The largest absolute Gasteiger partial charge is 0.395 e. The summed E-state index contributed by atoms with van der Waals surface area (Å²) >= 11 is 0. The number of β-amino-alcohol motifs (C(OH)–C–C–N with tert-alkyl or cyclic N) is 1. The molecule has 0 aromatic carbocycles. The second-order valence-electron chi connectivity index (χ2n) is 4.97. The highest BCUT2D eigenvalue weighted by atomic mass is 16.3. The molecule has 1 fully saturated rings. The number of aromatic nitrogens is 2. The number of anilines is 1. The third-order valence-corrected chi connectivity index (χ3v) is 3.66. The number of carbonyl (C=O) groups is 1. The molecule has 1 saturated heterocycles. The Morgan fingerprint density at radius 2 is 2.11 bits per heavy atom. The van der Waals surface area contributed by atoms with Gasteiger partial charge in [-0.15, -0.1) is 0 Å². The summed E-state index contributed by atoms with van der Waals surface area (Å²) in [6, 6.07) is 0. The molecule has 19 heavy (non-hydrogen) atoms. The van der Waals surface area contributed by atoms with Gasteiger partial charge >= 0.3 is 0 Å². The van der Waals surface area contributed by atoms with Crippen LogP contribution < -0.4 is 4.90 Å². The fraction of sp³-hybridized carbons (Fsp3) is 0.692. The Morgan fingerprint density at radius 3 is 2.79 bits per heavy atom. The molecule has 0 atom stereocenters. The van der Waals surface area contributed by atoms with Crippen LogP contribution in [0.2, 0.25) is 0 Å². The fourth-order valence-electron chi connectivity index (χ4n) is 2.72. The molecule has 1 N–H and O–H groups in total. The second kappa shape index (κ2) is 6.16. The molecule has 0 bridgehead atoms. The van der Waals surface area contributed by atoms with E-state index in [-0.39, 0.29) is 6.61 Å². The number of nitrogens with zero attached hydrogens (tertiary/aromatic N) is 4. The lowest BCUT2D eigenvalue weighted by Gasteiger charge is -2.23. The molecule has 1 aromatic rings. The van der Waals surface area contributed by atoms with Crippen LogP contribution in [0.5, 0.6) is 0 Å². The molecule has 1 aromatic heterocycles. The van der Waals surface area contributed by atoms with E-state index in [0.717, 1.165) is 56.9 Å². The second-order valence-corrected chi connectivity index (χ2v) is 4.97. The Bertz CT molecular complexity index is 444. The van der Waals surface area contributed by atoms with E-state index in [1.54, 1.807) is 4.68 Å². The molecule has 6 nitrogen and oxygen atoms in total. The number of rotatable bonds is 4.